The average Bonchev–Trinajstić information content (AvgIpc) is 2.49. The highest BCUT2D eigenvalue weighted by Crippen LogP contribution is 2.28. The number of anilines is 1. The lowest BCUT2D eigenvalue weighted by atomic mass is 10.0. The maximum atomic E-state index is 12.6. The van der Waals surface area contributed by atoms with Crippen LogP contribution >= 0.6 is 43.5 Å². The van der Waals surface area contributed by atoms with Gasteiger partial charge in [-0.25, -0.2) is 0 Å². The third-order valence-electron chi connectivity index (χ3n) is 2.75. The molecular formula is C15H10Br2ClNO2. The minimum absolute atomic E-state index is 0.156. The van der Waals surface area contributed by atoms with Crippen molar-refractivity contribution in [1.29, 1.82) is 0 Å². The van der Waals surface area contributed by atoms with Crippen LogP contribution in [0.15, 0.2) is 46.9 Å². The number of ketones is 1. The van der Waals surface area contributed by atoms with E-state index in [9.17, 15) is 9.59 Å². The van der Waals surface area contributed by atoms with Gasteiger partial charge in [0.1, 0.15) is 0 Å². The first-order chi connectivity index (χ1) is 10.0. The third kappa shape index (κ3) is 3.93. The second-order valence-corrected chi connectivity index (χ2v) is 6.03. The summed E-state index contributed by atoms with van der Waals surface area (Å²) in [6.07, 6.45) is 0. The molecule has 2 aromatic carbocycles. The molecule has 1 N–H and O–H groups in total. The fourth-order valence-corrected chi connectivity index (χ4v) is 2.50. The lowest BCUT2D eigenvalue weighted by Crippen LogP contribution is -2.16. The molecule has 1 amide bonds. The third-order valence-corrected chi connectivity index (χ3v) is 4.17. The van der Waals surface area contributed by atoms with E-state index < -0.39 is 0 Å². The molecule has 108 valence electrons. The molecule has 0 bridgehead atoms. The molecule has 0 aliphatic carbocycles. The van der Waals surface area contributed by atoms with Gasteiger partial charge in [0.2, 0.25) is 5.91 Å². The van der Waals surface area contributed by atoms with Gasteiger partial charge in [0, 0.05) is 20.6 Å². The fraction of sp³-hybridized carbons (Fsp3) is 0.0667. The summed E-state index contributed by atoms with van der Waals surface area (Å²) in [5, 5.41) is 3.43. The van der Waals surface area contributed by atoms with Crippen molar-refractivity contribution in [2.45, 2.75) is 0 Å². The van der Waals surface area contributed by atoms with Gasteiger partial charge in [-0.2, -0.15) is 0 Å². The molecule has 0 unspecified atom stereocenters. The van der Waals surface area contributed by atoms with Crippen molar-refractivity contribution in [1.82, 2.24) is 0 Å². The summed E-state index contributed by atoms with van der Waals surface area (Å²) in [4.78, 5) is 24.2. The number of carbonyl (C=O) groups excluding carboxylic acids is 2. The van der Waals surface area contributed by atoms with Crippen molar-refractivity contribution in [3.05, 3.63) is 63.1 Å². The van der Waals surface area contributed by atoms with Crippen LogP contribution in [0.25, 0.3) is 0 Å². The first-order valence-corrected chi connectivity index (χ1v) is 8.26. The van der Waals surface area contributed by atoms with Crippen LogP contribution in [0.3, 0.4) is 0 Å². The predicted molar refractivity (Wildman–Crippen MR) is 91.5 cm³/mol. The monoisotopic (exact) mass is 429 g/mol. The molecule has 0 saturated heterocycles. The average molecular weight is 432 g/mol. The van der Waals surface area contributed by atoms with Gasteiger partial charge in [0.15, 0.2) is 5.78 Å². The largest absolute Gasteiger partial charge is 0.324 e. The molecule has 3 nitrogen and oxygen atoms in total. The maximum absolute atomic E-state index is 12.6. The van der Waals surface area contributed by atoms with E-state index in [1.165, 1.54) is 0 Å². The second kappa shape index (κ2) is 7.20. The molecular weight excluding hydrogens is 421 g/mol. The van der Waals surface area contributed by atoms with Crippen molar-refractivity contribution >= 4 is 60.8 Å². The Morgan fingerprint density at radius 2 is 1.76 bits per heavy atom. The predicted octanol–water partition coefficient (Wildman–Crippen LogP) is 4.67. The zero-order valence-electron chi connectivity index (χ0n) is 10.7. The molecule has 0 saturated carbocycles. The van der Waals surface area contributed by atoms with Gasteiger partial charge in [-0.1, -0.05) is 33.6 Å². The highest BCUT2D eigenvalue weighted by molar-refractivity contribution is 9.10. The number of nitrogens with one attached hydrogen (secondary N) is 1. The first kappa shape index (κ1) is 16.2. The van der Waals surface area contributed by atoms with Crippen LogP contribution < -0.4 is 5.32 Å². The Bertz CT molecular complexity index is 687. The molecule has 0 radical (unpaired) electrons. The normalized spacial score (nSPS) is 10.2. The minimum atomic E-state index is -0.230. The summed E-state index contributed by atoms with van der Waals surface area (Å²) in [5.41, 5.74) is 1.38. The number of rotatable bonds is 4. The van der Waals surface area contributed by atoms with Gasteiger partial charge in [-0.3, -0.25) is 9.59 Å². The fourth-order valence-electron chi connectivity index (χ4n) is 1.77. The van der Waals surface area contributed by atoms with Gasteiger partial charge in [-0.05, 0) is 52.3 Å². The molecule has 21 heavy (non-hydrogen) atoms. The van der Waals surface area contributed by atoms with Gasteiger partial charge in [0.25, 0.3) is 0 Å². The van der Waals surface area contributed by atoms with E-state index in [2.05, 4.69) is 37.2 Å². The smallest absolute Gasteiger partial charge is 0.235 e. The SMILES string of the molecule is O=C(CBr)Nc1c(Br)cccc1C(=O)c1ccc(Cl)cc1. The molecule has 0 atom stereocenters. The molecule has 2 aromatic rings. The van der Waals surface area contributed by atoms with E-state index in [-0.39, 0.29) is 17.0 Å². The molecule has 0 spiro atoms. The van der Waals surface area contributed by atoms with E-state index in [1.54, 1.807) is 42.5 Å². The van der Waals surface area contributed by atoms with Crippen LogP contribution in [0.4, 0.5) is 5.69 Å². The highest BCUT2D eigenvalue weighted by atomic mass is 79.9. The number of carbonyl (C=O) groups is 2. The lowest BCUT2D eigenvalue weighted by molar-refractivity contribution is -0.113. The Morgan fingerprint density at radius 3 is 2.38 bits per heavy atom. The van der Waals surface area contributed by atoms with E-state index in [0.717, 1.165) is 0 Å². The van der Waals surface area contributed by atoms with Crippen molar-refractivity contribution < 1.29 is 9.59 Å². The first-order valence-electron chi connectivity index (χ1n) is 5.97. The summed E-state index contributed by atoms with van der Waals surface area (Å²) in [5.74, 6) is -0.412. The number of hydrogen-bond acceptors (Lipinski definition) is 2. The van der Waals surface area contributed by atoms with Gasteiger partial charge < -0.3 is 5.32 Å². The summed E-state index contributed by atoms with van der Waals surface area (Å²) in [7, 11) is 0. The molecule has 0 fully saturated rings. The Hall–Kier alpha value is -1.17. The quantitative estimate of drug-likeness (QED) is 0.565. The van der Waals surface area contributed by atoms with E-state index >= 15 is 0 Å². The number of alkyl halides is 1. The number of para-hydroxylation sites is 1. The van der Waals surface area contributed by atoms with Crippen LogP contribution in [-0.4, -0.2) is 17.0 Å². The Kier molecular flexibility index (Phi) is 5.56. The molecule has 0 heterocycles. The van der Waals surface area contributed by atoms with E-state index in [4.69, 9.17) is 11.6 Å². The molecule has 2 rings (SSSR count). The number of amides is 1. The molecule has 0 aromatic heterocycles. The lowest BCUT2D eigenvalue weighted by Gasteiger charge is -2.12. The van der Waals surface area contributed by atoms with Gasteiger partial charge in [0.05, 0.1) is 11.0 Å². The van der Waals surface area contributed by atoms with E-state index in [0.29, 0.717) is 26.3 Å². The van der Waals surface area contributed by atoms with Crippen molar-refractivity contribution in [2.75, 3.05) is 10.6 Å². The van der Waals surface area contributed by atoms with Crippen LogP contribution in [0.5, 0.6) is 0 Å². The van der Waals surface area contributed by atoms with Gasteiger partial charge in [-0.15, -0.1) is 0 Å². The van der Waals surface area contributed by atoms with Gasteiger partial charge >= 0.3 is 0 Å². The Balaban J connectivity index is 2.43. The Morgan fingerprint density at radius 1 is 1.10 bits per heavy atom. The summed E-state index contributed by atoms with van der Waals surface area (Å²) < 4.78 is 0.650. The molecule has 0 aliphatic heterocycles. The molecule has 6 heteroatoms. The van der Waals surface area contributed by atoms with Crippen LogP contribution in [0.1, 0.15) is 15.9 Å². The van der Waals surface area contributed by atoms with Crippen LogP contribution in [0.2, 0.25) is 5.02 Å². The zero-order valence-corrected chi connectivity index (χ0v) is 14.6. The topological polar surface area (TPSA) is 46.2 Å². The van der Waals surface area contributed by atoms with Crippen LogP contribution in [0, 0.1) is 0 Å². The number of benzene rings is 2. The van der Waals surface area contributed by atoms with Crippen molar-refractivity contribution in [2.24, 2.45) is 0 Å². The molecule has 0 aliphatic rings. The summed E-state index contributed by atoms with van der Waals surface area (Å²) >= 11 is 12.3. The standard InChI is InChI=1S/C15H10Br2ClNO2/c16-8-13(20)19-14-11(2-1-3-12(14)17)15(21)9-4-6-10(18)7-5-9/h1-7H,8H2,(H,19,20). The Labute approximate surface area is 143 Å². The summed E-state index contributed by atoms with van der Waals surface area (Å²) in [6.45, 7) is 0. The van der Waals surface area contributed by atoms with Crippen LogP contribution in [-0.2, 0) is 4.79 Å². The number of halogens is 3. The van der Waals surface area contributed by atoms with Crippen molar-refractivity contribution in [3.63, 3.8) is 0 Å². The second-order valence-electron chi connectivity index (χ2n) is 4.18. The maximum Gasteiger partial charge on any atom is 0.235 e. The zero-order chi connectivity index (χ0) is 15.4. The van der Waals surface area contributed by atoms with Crippen molar-refractivity contribution in [3.8, 4) is 0 Å². The summed E-state index contributed by atoms with van der Waals surface area (Å²) in [6, 6.07) is 11.8. The van der Waals surface area contributed by atoms with E-state index in [1.807, 2.05) is 0 Å². The highest BCUT2D eigenvalue weighted by Gasteiger charge is 2.17. The number of hydrogen-bond donors (Lipinski definition) is 1. The minimum Gasteiger partial charge on any atom is -0.324 e.